The lowest BCUT2D eigenvalue weighted by atomic mass is 9.83. The lowest BCUT2D eigenvalue weighted by Gasteiger charge is -2.43. The predicted molar refractivity (Wildman–Crippen MR) is 112 cm³/mol. The zero-order valence-corrected chi connectivity index (χ0v) is 17.2. The van der Waals surface area contributed by atoms with Crippen LogP contribution < -0.4 is 0 Å². The Balaban J connectivity index is 1.28. The summed E-state index contributed by atoms with van der Waals surface area (Å²) in [6, 6.07) is 10.6. The highest BCUT2D eigenvalue weighted by atomic mass is 16.5. The Morgan fingerprint density at radius 3 is 2.79 bits per heavy atom. The van der Waals surface area contributed by atoms with Gasteiger partial charge in [0.2, 0.25) is 5.91 Å². The maximum Gasteiger partial charge on any atom is 0.224 e. The van der Waals surface area contributed by atoms with Crippen LogP contribution in [0, 0.1) is 13.8 Å². The molecule has 1 aromatic carbocycles. The number of likely N-dealkylation sites (tertiary alicyclic amines) is 1. The third-order valence-corrected chi connectivity index (χ3v) is 6.56. The first-order chi connectivity index (χ1) is 14.1. The van der Waals surface area contributed by atoms with Crippen LogP contribution in [-0.2, 0) is 28.1 Å². The molecule has 5 rings (SSSR count). The Morgan fingerprint density at radius 1 is 1.24 bits per heavy atom. The number of aryl methyl sites for hydroxylation is 3. The van der Waals surface area contributed by atoms with Gasteiger partial charge in [-0.2, -0.15) is 5.10 Å². The molecule has 152 valence electrons. The molecule has 29 heavy (non-hydrogen) atoms. The number of nitrogens with one attached hydrogen (secondary N) is 1. The molecule has 0 saturated carbocycles. The minimum Gasteiger partial charge on any atom is -0.368 e. The van der Waals surface area contributed by atoms with Crippen molar-refractivity contribution in [2.45, 2.75) is 51.7 Å². The third-order valence-electron chi connectivity index (χ3n) is 6.56. The number of benzene rings is 1. The molecule has 1 spiro atoms. The van der Waals surface area contributed by atoms with E-state index in [-0.39, 0.29) is 11.5 Å². The van der Waals surface area contributed by atoms with Crippen molar-refractivity contribution in [3.05, 3.63) is 53.0 Å². The van der Waals surface area contributed by atoms with Crippen molar-refractivity contribution in [2.75, 3.05) is 19.7 Å². The molecular weight excluding hydrogens is 364 g/mol. The van der Waals surface area contributed by atoms with E-state index in [9.17, 15) is 4.79 Å². The highest BCUT2D eigenvalue weighted by Crippen LogP contribution is 2.43. The first-order valence-corrected chi connectivity index (χ1v) is 10.6. The zero-order valence-electron chi connectivity index (χ0n) is 17.2. The summed E-state index contributed by atoms with van der Waals surface area (Å²) < 4.78 is 8.29. The van der Waals surface area contributed by atoms with Gasteiger partial charge in [0.05, 0.1) is 18.0 Å². The average Bonchev–Trinajstić information content (AvgIpc) is 3.27. The second-order valence-corrected chi connectivity index (χ2v) is 8.40. The number of hydrogen-bond donors (Lipinski definition) is 1. The summed E-state index contributed by atoms with van der Waals surface area (Å²) in [5, 5.41) is 5.78. The number of carbonyl (C=O) groups is 1. The molecule has 2 aromatic heterocycles. The van der Waals surface area contributed by atoms with E-state index in [1.807, 2.05) is 29.5 Å². The van der Waals surface area contributed by atoms with Crippen molar-refractivity contribution in [1.82, 2.24) is 19.7 Å². The lowest BCUT2D eigenvalue weighted by molar-refractivity contribution is -0.141. The molecule has 2 aliphatic heterocycles. The van der Waals surface area contributed by atoms with Crippen LogP contribution in [0.4, 0.5) is 0 Å². The number of fused-ring (bicyclic) bond motifs is 4. The number of amides is 1. The topological polar surface area (TPSA) is 63.1 Å². The van der Waals surface area contributed by atoms with Gasteiger partial charge in [0, 0.05) is 42.7 Å². The fourth-order valence-electron chi connectivity index (χ4n) is 5.04. The molecule has 2 aliphatic rings. The largest absolute Gasteiger partial charge is 0.368 e. The maximum atomic E-state index is 12.8. The molecule has 1 amide bonds. The minimum absolute atomic E-state index is 0.208. The van der Waals surface area contributed by atoms with Crippen molar-refractivity contribution < 1.29 is 9.53 Å². The Hall–Kier alpha value is -2.60. The van der Waals surface area contributed by atoms with E-state index in [1.165, 1.54) is 22.2 Å². The molecule has 6 nitrogen and oxygen atoms in total. The number of aromatic nitrogens is 3. The Bertz CT molecular complexity index is 1060. The molecular formula is C23H28N4O2. The summed E-state index contributed by atoms with van der Waals surface area (Å²) in [4.78, 5) is 18.4. The summed E-state index contributed by atoms with van der Waals surface area (Å²) in [6.07, 6.45) is 3.14. The van der Waals surface area contributed by atoms with E-state index in [1.54, 1.807) is 0 Å². The SMILES string of the molecule is Cc1cc(C)n(CCC(=O)N2CCC3(CC2)OCCc2c3[nH]c3ccccc23)n1. The maximum absolute atomic E-state index is 12.8. The van der Waals surface area contributed by atoms with Crippen molar-refractivity contribution in [3.63, 3.8) is 0 Å². The number of aromatic amines is 1. The molecule has 3 aromatic rings. The second-order valence-electron chi connectivity index (χ2n) is 8.40. The number of nitrogens with zero attached hydrogens (tertiary/aromatic N) is 3. The highest BCUT2D eigenvalue weighted by molar-refractivity contribution is 5.85. The number of H-pyrrole nitrogens is 1. The fraction of sp³-hybridized carbons (Fsp3) is 0.478. The van der Waals surface area contributed by atoms with Crippen LogP contribution in [0.3, 0.4) is 0 Å². The van der Waals surface area contributed by atoms with Gasteiger partial charge in [-0.3, -0.25) is 9.48 Å². The Kier molecular flexibility index (Phi) is 4.46. The number of piperidine rings is 1. The molecule has 1 fully saturated rings. The van der Waals surface area contributed by atoms with Gasteiger partial charge in [-0.05, 0) is 50.8 Å². The van der Waals surface area contributed by atoms with Gasteiger partial charge in [0.1, 0.15) is 5.60 Å². The molecule has 0 unspecified atom stereocenters. The highest BCUT2D eigenvalue weighted by Gasteiger charge is 2.43. The molecule has 1 N–H and O–H groups in total. The molecule has 1 saturated heterocycles. The minimum atomic E-state index is -0.279. The number of para-hydroxylation sites is 1. The van der Waals surface area contributed by atoms with Crippen LogP contribution in [0.15, 0.2) is 30.3 Å². The van der Waals surface area contributed by atoms with Gasteiger partial charge in [-0.15, -0.1) is 0 Å². The van der Waals surface area contributed by atoms with Crippen molar-refractivity contribution in [3.8, 4) is 0 Å². The Morgan fingerprint density at radius 2 is 2.03 bits per heavy atom. The quantitative estimate of drug-likeness (QED) is 0.742. The van der Waals surface area contributed by atoms with Crippen LogP contribution in [-0.4, -0.2) is 45.3 Å². The van der Waals surface area contributed by atoms with E-state index < -0.39 is 0 Å². The van der Waals surface area contributed by atoms with Gasteiger partial charge >= 0.3 is 0 Å². The normalized spacial score (nSPS) is 18.3. The van der Waals surface area contributed by atoms with Crippen molar-refractivity contribution in [1.29, 1.82) is 0 Å². The van der Waals surface area contributed by atoms with Crippen molar-refractivity contribution in [2.24, 2.45) is 0 Å². The van der Waals surface area contributed by atoms with Gasteiger partial charge < -0.3 is 14.6 Å². The van der Waals surface area contributed by atoms with Gasteiger partial charge in [0.15, 0.2) is 0 Å². The Labute approximate surface area is 170 Å². The smallest absolute Gasteiger partial charge is 0.224 e. The third kappa shape index (κ3) is 3.15. The molecule has 0 atom stereocenters. The van der Waals surface area contributed by atoms with Gasteiger partial charge in [0.25, 0.3) is 0 Å². The van der Waals surface area contributed by atoms with E-state index in [4.69, 9.17) is 4.74 Å². The summed E-state index contributed by atoms with van der Waals surface area (Å²) in [7, 11) is 0. The van der Waals surface area contributed by atoms with E-state index in [0.717, 1.165) is 50.3 Å². The van der Waals surface area contributed by atoms with Crippen LogP contribution >= 0.6 is 0 Å². The number of hydrogen-bond acceptors (Lipinski definition) is 3. The lowest BCUT2D eigenvalue weighted by Crippen LogP contribution is -2.48. The predicted octanol–water partition coefficient (Wildman–Crippen LogP) is 3.46. The average molecular weight is 393 g/mol. The fourth-order valence-corrected chi connectivity index (χ4v) is 5.04. The monoisotopic (exact) mass is 392 g/mol. The first-order valence-electron chi connectivity index (χ1n) is 10.6. The van der Waals surface area contributed by atoms with E-state index >= 15 is 0 Å². The zero-order chi connectivity index (χ0) is 20.0. The molecule has 4 heterocycles. The molecule has 0 aliphatic carbocycles. The standard InChI is InChI=1S/C23H28N4O2/c1-16-15-17(2)27(25-16)11-7-21(28)26-12-9-23(10-13-26)22-19(8-14-29-23)18-5-3-4-6-20(18)24-22/h3-6,15,24H,7-14H2,1-2H3. The van der Waals surface area contributed by atoms with Gasteiger partial charge in [-0.1, -0.05) is 18.2 Å². The van der Waals surface area contributed by atoms with E-state index in [2.05, 4.69) is 34.3 Å². The summed E-state index contributed by atoms with van der Waals surface area (Å²) in [5.74, 6) is 0.208. The summed E-state index contributed by atoms with van der Waals surface area (Å²) >= 11 is 0. The summed E-state index contributed by atoms with van der Waals surface area (Å²) in [5.41, 5.74) is 5.65. The second kappa shape index (κ2) is 7.02. The van der Waals surface area contributed by atoms with E-state index in [0.29, 0.717) is 13.0 Å². The van der Waals surface area contributed by atoms with Crippen molar-refractivity contribution >= 4 is 16.8 Å². The van der Waals surface area contributed by atoms with Crippen LogP contribution in [0.1, 0.15) is 41.9 Å². The molecule has 6 heteroatoms. The summed E-state index contributed by atoms with van der Waals surface area (Å²) in [6.45, 7) is 6.89. The van der Waals surface area contributed by atoms with Crippen LogP contribution in [0.25, 0.3) is 10.9 Å². The van der Waals surface area contributed by atoms with Gasteiger partial charge in [-0.25, -0.2) is 0 Å². The first kappa shape index (κ1) is 18.4. The number of ether oxygens (including phenoxy) is 1. The molecule has 0 bridgehead atoms. The van der Waals surface area contributed by atoms with Crippen LogP contribution in [0.2, 0.25) is 0 Å². The number of carbonyl (C=O) groups excluding carboxylic acids is 1. The number of rotatable bonds is 3. The van der Waals surface area contributed by atoms with Crippen LogP contribution in [0.5, 0.6) is 0 Å². The molecule has 0 radical (unpaired) electrons.